The number of urea groups is 1. The lowest BCUT2D eigenvalue weighted by molar-refractivity contribution is 0.252. The molecule has 0 fully saturated rings. The molecule has 0 bridgehead atoms. The molecule has 76 valence electrons. The Kier molecular flexibility index (Phi) is 4.39. The number of amides is 2. The Morgan fingerprint density at radius 1 is 1.64 bits per heavy atom. The fraction of sp³-hybridized carbons (Fsp3) is 0.333. The number of halogens is 1. The van der Waals surface area contributed by atoms with E-state index >= 15 is 0 Å². The third kappa shape index (κ3) is 3.74. The standard InChI is InChI=1S/C9H12BrN3O/c1-2-4-12-9(14)13-7-3-5-11-8(10)6-7/h3,5-6H,2,4H2,1H3,(H2,11,12,13,14). The zero-order chi connectivity index (χ0) is 10.4. The fourth-order valence-electron chi connectivity index (χ4n) is 0.894. The van der Waals surface area contributed by atoms with Gasteiger partial charge in [-0.25, -0.2) is 9.78 Å². The molecule has 0 atom stereocenters. The number of anilines is 1. The Labute approximate surface area is 91.2 Å². The highest BCUT2D eigenvalue weighted by atomic mass is 79.9. The van der Waals surface area contributed by atoms with E-state index in [2.05, 4.69) is 31.5 Å². The molecule has 0 aliphatic rings. The quantitative estimate of drug-likeness (QED) is 0.818. The predicted molar refractivity (Wildman–Crippen MR) is 59.2 cm³/mol. The first-order valence-corrected chi connectivity index (χ1v) is 5.18. The van der Waals surface area contributed by atoms with Crippen molar-refractivity contribution in [1.29, 1.82) is 0 Å². The van der Waals surface area contributed by atoms with Crippen molar-refractivity contribution >= 4 is 27.6 Å². The maximum atomic E-state index is 11.2. The molecule has 5 heteroatoms. The minimum atomic E-state index is -0.190. The topological polar surface area (TPSA) is 54.0 Å². The molecule has 0 aliphatic heterocycles. The van der Waals surface area contributed by atoms with Crippen LogP contribution in [-0.4, -0.2) is 17.6 Å². The van der Waals surface area contributed by atoms with Crippen LogP contribution in [0.3, 0.4) is 0 Å². The number of rotatable bonds is 3. The van der Waals surface area contributed by atoms with Crippen molar-refractivity contribution < 1.29 is 4.79 Å². The van der Waals surface area contributed by atoms with Crippen LogP contribution in [0.25, 0.3) is 0 Å². The summed E-state index contributed by atoms with van der Waals surface area (Å²) in [7, 11) is 0. The summed E-state index contributed by atoms with van der Waals surface area (Å²) >= 11 is 3.22. The smallest absolute Gasteiger partial charge is 0.319 e. The van der Waals surface area contributed by atoms with Gasteiger partial charge in [-0.1, -0.05) is 6.92 Å². The highest BCUT2D eigenvalue weighted by molar-refractivity contribution is 9.10. The monoisotopic (exact) mass is 257 g/mol. The molecule has 2 N–H and O–H groups in total. The van der Waals surface area contributed by atoms with Gasteiger partial charge in [-0.3, -0.25) is 0 Å². The summed E-state index contributed by atoms with van der Waals surface area (Å²) in [5.41, 5.74) is 0.723. The summed E-state index contributed by atoms with van der Waals surface area (Å²) in [6, 6.07) is 3.28. The van der Waals surface area contributed by atoms with Crippen LogP contribution in [0.15, 0.2) is 22.9 Å². The average Bonchev–Trinajstić information content (AvgIpc) is 2.15. The van der Waals surface area contributed by atoms with E-state index in [0.29, 0.717) is 11.1 Å². The van der Waals surface area contributed by atoms with Crippen LogP contribution in [0.5, 0.6) is 0 Å². The van der Waals surface area contributed by atoms with E-state index in [0.717, 1.165) is 12.1 Å². The maximum absolute atomic E-state index is 11.2. The van der Waals surface area contributed by atoms with Crippen LogP contribution < -0.4 is 10.6 Å². The number of hydrogen-bond donors (Lipinski definition) is 2. The molecule has 0 spiro atoms. The van der Waals surface area contributed by atoms with Crippen molar-refractivity contribution in [3.8, 4) is 0 Å². The van der Waals surface area contributed by atoms with Crippen LogP contribution in [0.2, 0.25) is 0 Å². The van der Waals surface area contributed by atoms with E-state index < -0.39 is 0 Å². The number of aromatic nitrogens is 1. The number of pyridine rings is 1. The molecule has 1 aromatic rings. The first-order valence-electron chi connectivity index (χ1n) is 4.38. The van der Waals surface area contributed by atoms with Gasteiger partial charge < -0.3 is 10.6 Å². The number of carbonyl (C=O) groups excluding carboxylic acids is 1. The third-order valence-electron chi connectivity index (χ3n) is 1.52. The molecule has 0 unspecified atom stereocenters. The lowest BCUT2D eigenvalue weighted by atomic mass is 10.4. The first-order chi connectivity index (χ1) is 6.72. The molecular formula is C9H12BrN3O. The van der Waals surface area contributed by atoms with Crippen LogP contribution in [0.1, 0.15) is 13.3 Å². The lowest BCUT2D eigenvalue weighted by Crippen LogP contribution is -2.29. The van der Waals surface area contributed by atoms with E-state index in [1.165, 1.54) is 0 Å². The second kappa shape index (κ2) is 5.59. The maximum Gasteiger partial charge on any atom is 0.319 e. The van der Waals surface area contributed by atoms with Gasteiger partial charge in [0.05, 0.1) is 0 Å². The Bertz CT molecular complexity index is 317. The molecule has 0 saturated heterocycles. The van der Waals surface area contributed by atoms with E-state index in [-0.39, 0.29) is 6.03 Å². The van der Waals surface area contributed by atoms with Crippen LogP contribution >= 0.6 is 15.9 Å². The predicted octanol–water partition coefficient (Wildman–Crippen LogP) is 2.38. The van der Waals surface area contributed by atoms with Gasteiger partial charge in [0.1, 0.15) is 4.60 Å². The zero-order valence-electron chi connectivity index (χ0n) is 7.88. The summed E-state index contributed by atoms with van der Waals surface area (Å²) < 4.78 is 0.700. The van der Waals surface area contributed by atoms with Crippen molar-refractivity contribution in [1.82, 2.24) is 10.3 Å². The minimum Gasteiger partial charge on any atom is -0.338 e. The Balaban J connectivity index is 2.47. The van der Waals surface area contributed by atoms with Gasteiger partial charge in [0.15, 0.2) is 0 Å². The van der Waals surface area contributed by atoms with Gasteiger partial charge in [-0.2, -0.15) is 0 Å². The van der Waals surface area contributed by atoms with Crippen molar-refractivity contribution in [2.75, 3.05) is 11.9 Å². The van der Waals surface area contributed by atoms with E-state index in [1.54, 1.807) is 18.3 Å². The molecule has 0 saturated carbocycles. The first kappa shape index (κ1) is 11.0. The largest absolute Gasteiger partial charge is 0.338 e. The third-order valence-corrected chi connectivity index (χ3v) is 1.95. The van der Waals surface area contributed by atoms with E-state index in [1.807, 2.05) is 6.92 Å². The summed E-state index contributed by atoms with van der Waals surface area (Å²) in [5.74, 6) is 0. The average molecular weight is 258 g/mol. The molecule has 1 rings (SSSR count). The second-order valence-electron chi connectivity index (χ2n) is 2.75. The molecule has 1 aromatic heterocycles. The molecule has 14 heavy (non-hydrogen) atoms. The Morgan fingerprint density at radius 2 is 2.43 bits per heavy atom. The summed E-state index contributed by atoms with van der Waals surface area (Å²) in [6.07, 6.45) is 2.55. The molecule has 2 amide bonds. The second-order valence-corrected chi connectivity index (χ2v) is 3.56. The van der Waals surface area contributed by atoms with E-state index in [4.69, 9.17) is 0 Å². The van der Waals surface area contributed by atoms with Crippen LogP contribution in [-0.2, 0) is 0 Å². The Hall–Kier alpha value is -1.10. The normalized spacial score (nSPS) is 9.57. The van der Waals surface area contributed by atoms with Crippen LogP contribution in [0.4, 0.5) is 10.5 Å². The molecule has 4 nitrogen and oxygen atoms in total. The summed E-state index contributed by atoms with van der Waals surface area (Å²) in [6.45, 7) is 2.68. The lowest BCUT2D eigenvalue weighted by Gasteiger charge is -2.05. The molecule has 0 radical (unpaired) electrons. The van der Waals surface area contributed by atoms with Gasteiger partial charge in [0, 0.05) is 18.4 Å². The minimum absolute atomic E-state index is 0.190. The summed E-state index contributed by atoms with van der Waals surface area (Å²) in [4.78, 5) is 15.2. The number of nitrogens with zero attached hydrogens (tertiary/aromatic N) is 1. The number of hydrogen-bond acceptors (Lipinski definition) is 2. The molecule has 0 aliphatic carbocycles. The van der Waals surface area contributed by atoms with Crippen molar-refractivity contribution in [2.45, 2.75) is 13.3 Å². The molecule has 1 heterocycles. The SMILES string of the molecule is CCCNC(=O)Nc1ccnc(Br)c1. The van der Waals surface area contributed by atoms with Gasteiger partial charge >= 0.3 is 6.03 Å². The van der Waals surface area contributed by atoms with Crippen molar-refractivity contribution in [3.63, 3.8) is 0 Å². The Morgan fingerprint density at radius 3 is 3.07 bits per heavy atom. The number of nitrogens with one attached hydrogen (secondary N) is 2. The highest BCUT2D eigenvalue weighted by Crippen LogP contribution is 2.12. The van der Waals surface area contributed by atoms with Gasteiger partial charge in [0.2, 0.25) is 0 Å². The zero-order valence-corrected chi connectivity index (χ0v) is 9.47. The summed E-state index contributed by atoms with van der Waals surface area (Å²) in [5, 5.41) is 5.41. The van der Waals surface area contributed by atoms with Crippen molar-refractivity contribution in [2.24, 2.45) is 0 Å². The molecular weight excluding hydrogens is 246 g/mol. The van der Waals surface area contributed by atoms with Crippen LogP contribution in [0, 0.1) is 0 Å². The van der Waals surface area contributed by atoms with Gasteiger partial charge in [0.25, 0.3) is 0 Å². The highest BCUT2D eigenvalue weighted by Gasteiger charge is 2.00. The van der Waals surface area contributed by atoms with Gasteiger partial charge in [-0.05, 0) is 34.5 Å². The van der Waals surface area contributed by atoms with Crippen molar-refractivity contribution in [3.05, 3.63) is 22.9 Å². The fourth-order valence-corrected chi connectivity index (χ4v) is 1.26. The van der Waals surface area contributed by atoms with Gasteiger partial charge in [-0.15, -0.1) is 0 Å². The molecule has 0 aromatic carbocycles. The van der Waals surface area contributed by atoms with E-state index in [9.17, 15) is 4.79 Å². The number of carbonyl (C=O) groups is 1.